The fraction of sp³-hybridized carbons (Fsp3) is 0. The molecule has 0 saturated carbocycles. The van der Waals surface area contributed by atoms with E-state index in [0.717, 1.165) is 0 Å². The molecule has 0 spiro atoms. The van der Waals surface area contributed by atoms with Gasteiger partial charge < -0.3 is 10.1 Å². The second-order valence-electron chi connectivity index (χ2n) is 5.64. The molecule has 2 aromatic carbocycles. The van der Waals surface area contributed by atoms with Crippen molar-refractivity contribution in [1.29, 1.82) is 5.26 Å². The van der Waals surface area contributed by atoms with Gasteiger partial charge in [-0.25, -0.2) is 4.98 Å². The van der Waals surface area contributed by atoms with Crippen LogP contribution in [0.3, 0.4) is 0 Å². The van der Waals surface area contributed by atoms with Crippen LogP contribution in [0.2, 0.25) is 0 Å². The third kappa shape index (κ3) is 3.45. The molecule has 2 heterocycles. The molecule has 7 heteroatoms. The standard InChI is InChI=1S/C20H13N5O2/c21-13-16-12-19(25-18(23-16)9-10-22-25)27-17-8-4-5-14(11-17)20(26)24-15-6-2-1-3-7-15/h1-12H,(H,24,26). The molecular weight excluding hydrogens is 342 g/mol. The van der Waals surface area contributed by atoms with E-state index in [4.69, 9.17) is 10.00 Å². The topological polar surface area (TPSA) is 92.3 Å². The molecule has 4 aromatic rings. The van der Waals surface area contributed by atoms with Crippen molar-refractivity contribution in [2.75, 3.05) is 5.32 Å². The molecule has 0 atom stereocenters. The molecule has 4 rings (SSSR count). The van der Waals surface area contributed by atoms with Crippen LogP contribution in [0.15, 0.2) is 72.9 Å². The molecule has 0 aliphatic heterocycles. The highest BCUT2D eigenvalue weighted by molar-refractivity contribution is 6.04. The number of nitrogens with zero attached hydrogens (tertiary/aromatic N) is 4. The van der Waals surface area contributed by atoms with Crippen molar-refractivity contribution in [1.82, 2.24) is 14.6 Å². The van der Waals surface area contributed by atoms with Crippen LogP contribution in [0.4, 0.5) is 5.69 Å². The molecule has 0 aliphatic carbocycles. The highest BCUT2D eigenvalue weighted by atomic mass is 16.5. The normalized spacial score (nSPS) is 10.3. The molecule has 1 amide bonds. The lowest BCUT2D eigenvalue weighted by molar-refractivity contribution is 0.102. The van der Waals surface area contributed by atoms with Gasteiger partial charge in [0, 0.05) is 23.4 Å². The zero-order valence-electron chi connectivity index (χ0n) is 14.0. The van der Waals surface area contributed by atoms with E-state index in [9.17, 15) is 4.79 Å². The summed E-state index contributed by atoms with van der Waals surface area (Å²) in [6.45, 7) is 0. The van der Waals surface area contributed by atoms with Gasteiger partial charge in [-0.05, 0) is 30.3 Å². The Kier molecular flexibility index (Phi) is 4.21. The maximum Gasteiger partial charge on any atom is 0.255 e. The van der Waals surface area contributed by atoms with Crippen LogP contribution in [0, 0.1) is 11.3 Å². The Morgan fingerprint density at radius 3 is 2.74 bits per heavy atom. The largest absolute Gasteiger partial charge is 0.439 e. The number of aromatic nitrogens is 3. The third-order valence-corrected chi connectivity index (χ3v) is 3.79. The molecule has 0 radical (unpaired) electrons. The van der Waals surface area contributed by atoms with E-state index in [0.29, 0.717) is 28.5 Å². The number of amides is 1. The van der Waals surface area contributed by atoms with E-state index in [2.05, 4.69) is 15.4 Å². The SMILES string of the molecule is N#Cc1cc(Oc2cccc(C(=O)Nc3ccccc3)c2)n2nccc2n1. The van der Waals surface area contributed by atoms with Gasteiger partial charge >= 0.3 is 0 Å². The van der Waals surface area contributed by atoms with Gasteiger partial charge in [-0.15, -0.1) is 0 Å². The number of carbonyl (C=O) groups excluding carboxylic acids is 1. The Balaban J connectivity index is 1.61. The minimum atomic E-state index is -0.247. The fourth-order valence-electron chi connectivity index (χ4n) is 2.56. The van der Waals surface area contributed by atoms with Gasteiger partial charge in [0.25, 0.3) is 5.91 Å². The first kappa shape index (κ1) is 16.3. The Labute approximate surface area is 154 Å². The number of para-hydroxylation sites is 1. The molecule has 0 bridgehead atoms. The lowest BCUT2D eigenvalue weighted by Crippen LogP contribution is -2.11. The quantitative estimate of drug-likeness (QED) is 0.603. The summed E-state index contributed by atoms with van der Waals surface area (Å²) in [5.41, 5.74) is 1.88. The van der Waals surface area contributed by atoms with Crippen molar-refractivity contribution in [3.05, 3.63) is 84.2 Å². The van der Waals surface area contributed by atoms with E-state index in [1.54, 1.807) is 36.5 Å². The van der Waals surface area contributed by atoms with Crippen LogP contribution in [0.25, 0.3) is 5.65 Å². The fourth-order valence-corrected chi connectivity index (χ4v) is 2.56. The van der Waals surface area contributed by atoms with Crippen molar-refractivity contribution < 1.29 is 9.53 Å². The first-order chi connectivity index (χ1) is 13.2. The van der Waals surface area contributed by atoms with E-state index >= 15 is 0 Å². The lowest BCUT2D eigenvalue weighted by atomic mass is 10.2. The van der Waals surface area contributed by atoms with Crippen molar-refractivity contribution in [2.45, 2.75) is 0 Å². The predicted molar refractivity (Wildman–Crippen MR) is 98.6 cm³/mol. The van der Waals surface area contributed by atoms with Gasteiger partial charge in [0.05, 0.1) is 6.20 Å². The van der Waals surface area contributed by atoms with Crippen LogP contribution in [0.5, 0.6) is 11.6 Å². The first-order valence-electron chi connectivity index (χ1n) is 8.12. The van der Waals surface area contributed by atoms with E-state index in [1.165, 1.54) is 10.6 Å². The average Bonchev–Trinajstić information content (AvgIpc) is 3.18. The van der Waals surface area contributed by atoms with Gasteiger partial charge in [0.2, 0.25) is 5.88 Å². The summed E-state index contributed by atoms with van der Waals surface area (Å²) in [5.74, 6) is 0.535. The smallest absolute Gasteiger partial charge is 0.255 e. The van der Waals surface area contributed by atoms with Gasteiger partial charge in [-0.3, -0.25) is 4.79 Å². The molecular formula is C20H13N5O2. The molecule has 27 heavy (non-hydrogen) atoms. The van der Waals surface area contributed by atoms with Gasteiger partial charge in [0.1, 0.15) is 17.5 Å². The number of hydrogen-bond acceptors (Lipinski definition) is 5. The second-order valence-corrected chi connectivity index (χ2v) is 5.64. The van der Waals surface area contributed by atoms with Crippen LogP contribution >= 0.6 is 0 Å². The average molecular weight is 355 g/mol. The molecule has 0 unspecified atom stereocenters. The number of hydrogen-bond donors (Lipinski definition) is 1. The van der Waals surface area contributed by atoms with Crippen LogP contribution < -0.4 is 10.1 Å². The molecule has 0 fully saturated rings. The lowest BCUT2D eigenvalue weighted by Gasteiger charge is -2.09. The van der Waals surface area contributed by atoms with Crippen LogP contribution in [0.1, 0.15) is 16.1 Å². The van der Waals surface area contributed by atoms with E-state index in [-0.39, 0.29) is 11.6 Å². The van der Waals surface area contributed by atoms with E-state index < -0.39 is 0 Å². The summed E-state index contributed by atoms with van der Waals surface area (Å²) in [6, 6.07) is 21.1. The predicted octanol–water partition coefficient (Wildman–Crippen LogP) is 3.65. The first-order valence-corrected chi connectivity index (χ1v) is 8.12. The van der Waals surface area contributed by atoms with Crippen LogP contribution in [-0.2, 0) is 0 Å². The molecule has 1 N–H and O–H groups in total. The summed E-state index contributed by atoms with van der Waals surface area (Å²) < 4.78 is 7.35. The number of ether oxygens (including phenoxy) is 1. The number of nitrogens with one attached hydrogen (secondary N) is 1. The minimum absolute atomic E-state index is 0.218. The van der Waals surface area contributed by atoms with Crippen LogP contribution in [-0.4, -0.2) is 20.5 Å². The van der Waals surface area contributed by atoms with E-state index in [1.807, 2.05) is 36.4 Å². The number of carbonyl (C=O) groups is 1. The Bertz CT molecular complexity index is 1160. The van der Waals surface area contributed by atoms with Crippen molar-refractivity contribution in [3.8, 4) is 17.7 Å². The van der Waals surface area contributed by atoms with Gasteiger partial charge in [-0.2, -0.15) is 14.9 Å². The third-order valence-electron chi connectivity index (χ3n) is 3.79. The highest BCUT2D eigenvalue weighted by Crippen LogP contribution is 2.24. The Hall–Kier alpha value is -4.18. The number of nitriles is 1. The Morgan fingerprint density at radius 2 is 1.93 bits per heavy atom. The maximum absolute atomic E-state index is 12.5. The number of rotatable bonds is 4. The molecule has 7 nitrogen and oxygen atoms in total. The number of anilines is 1. The summed E-state index contributed by atoms with van der Waals surface area (Å²) in [5, 5.41) is 16.1. The second kappa shape index (κ2) is 6.98. The van der Waals surface area contributed by atoms with Gasteiger partial charge in [0.15, 0.2) is 5.65 Å². The zero-order valence-corrected chi connectivity index (χ0v) is 14.0. The summed E-state index contributed by atoms with van der Waals surface area (Å²) in [6.07, 6.45) is 1.57. The monoisotopic (exact) mass is 355 g/mol. The number of benzene rings is 2. The van der Waals surface area contributed by atoms with Gasteiger partial charge in [-0.1, -0.05) is 24.3 Å². The zero-order chi connectivity index (χ0) is 18.6. The van der Waals surface area contributed by atoms with Crippen molar-refractivity contribution in [3.63, 3.8) is 0 Å². The van der Waals surface area contributed by atoms with Crippen molar-refractivity contribution >= 4 is 17.2 Å². The summed E-state index contributed by atoms with van der Waals surface area (Å²) >= 11 is 0. The summed E-state index contributed by atoms with van der Waals surface area (Å²) in [4.78, 5) is 16.6. The molecule has 2 aromatic heterocycles. The maximum atomic E-state index is 12.5. The summed E-state index contributed by atoms with van der Waals surface area (Å²) in [7, 11) is 0. The molecule has 130 valence electrons. The van der Waals surface area contributed by atoms with Crippen molar-refractivity contribution in [2.24, 2.45) is 0 Å². The highest BCUT2D eigenvalue weighted by Gasteiger charge is 2.11. The Morgan fingerprint density at radius 1 is 1.07 bits per heavy atom. The molecule has 0 saturated heterocycles. The molecule has 0 aliphatic rings. The number of fused-ring (bicyclic) bond motifs is 1. The minimum Gasteiger partial charge on any atom is -0.439 e.